The molecule has 4 nitrogen and oxygen atoms in total. The van der Waals surface area contributed by atoms with Gasteiger partial charge in [-0.1, -0.05) is 19.4 Å². The van der Waals surface area contributed by atoms with E-state index < -0.39 is 61.2 Å². The van der Waals surface area contributed by atoms with Gasteiger partial charge in [-0.2, -0.15) is 26.3 Å². The first-order chi connectivity index (χ1) is 12.0. The summed E-state index contributed by atoms with van der Waals surface area (Å²) in [5.74, 6) is -2.65. The fourth-order valence-electron chi connectivity index (χ4n) is 2.50. The lowest BCUT2D eigenvalue weighted by Crippen LogP contribution is -2.51. The predicted octanol–water partition coefficient (Wildman–Crippen LogP) is 4.56. The largest absolute Gasteiger partial charge is 0.478 e. The van der Waals surface area contributed by atoms with Crippen LogP contribution in [0.5, 0.6) is 0 Å². The van der Waals surface area contributed by atoms with Crippen LogP contribution in [0.4, 0.5) is 30.7 Å². The van der Waals surface area contributed by atoms with Crippen molar-refractivity contribution in [3.05, 3.63) is 28.8 Å². The Morgan fingerprint density at radius 2 is 1.52 bits per heavy atom. The second-order valence-electron chi connectivity index (χ2n) is 5.75. The van der Waals surface area contributed by atoms with Crippen molar-refractivity contribution in [1.82, 2.24) is 0 Å². The van der Waals surface area contributed by atoms with Crippen LogP contribution in [0, 0.1) is 6.92 Å². The summed E-state index contributed by atoms with van der Waals surface area (Å²) in [6.45, 7) is 2.24. The summed E-state index contributed by atoms with van der Waals surface area (Å²) in [7, 11) is -4.85. The fraction of sp³-hybridized carbons (Fsp3) is 0.533. The van der Waals surface area contributed by atoms with Gasteiger partial charge in [0.05, 0.1) is 16.2 Å². The van der Waals surface area contributed by atoms with Crippen LogP contribution in [0.15, 0.2) is 17.0 Å². The lowest BCUT2D eigenvalue weighted by Gasteiger charge is -2.32. The van der Waals surface area contributed by atoms with Gasteiger partial charge in [0.15, 0.2) is 9.84 Å². The second kappa shape index (κ2) is 7.28. The number of halogens is 7. The van der Waals surface area contributed by atoms with Gasteiger partial charge in [0, 0.05) is 5.56 Å². The standard InChI is InChI=1S/C15H15F7O4S/c1-3-4-7-27(25,26)11-8(2)9(12(23)24)5-6-10(11)13(16,14(17,18)19)15(20,21)22/h5-6H,3-4,7H2,1-2H3,(H,23,24). The van der Waals surface area contributed by atoms with Gasteiger partial charge in [-0.05, 0) is 25.0 Å². The molecule has 0 saturated carbocycles. The Hall–Kier alpha value is -1.85. The molecule has 0 atom stereocenters. The van der Waals surface area contributed by atoms with Gasteiger partial charge in [0.2, 0.25) is 0 Å². The number of rotatable bonds is 6. The Bertz CT molecular complexity index is 812. The number of unbranched alkanes of at least 4 members (excludes halogenated alkanes) is 1. The van der Waals surface area contributed by atoms with Crippen molar-refractivity contribution in [1.29, 1.82) is 0 Å². The number of aromatic carboxylic acids is 1. The molecule has 27 heavy (non-hydrogen) atoms. The van der Waals surface area contributed by atoms with Crippen LogP contribution < -0.4 is 0 Å². The molecule has 0 aliphatic rings. The highest BCUT2D eigenvalue weighted by Gasteiger charge is 2.74. The molecule has 154 valence electrons. The van der Waals surface area contributed by atoms with E-state index in [2.05, 4.69) is 0 Å². The Kier molecular flexibility index (Phi) is 6.26. The zero-order valence-electron chi connectivity index (χ0n) is 14.0. The van der Waals surface area contributed by atoms with Crippen LogP contribution in [-0.2, 0) is 15.5 Å². The Balaban J connectivity index is 4.05. The van der Waals surface area contributed by atoms with E-state index in [4.69, 9.17) is 5.11 Å². The third-order valence-corrected chi connectivity index (χ3v) is 5.84. The number of hydrogen-bond acceptors (Lipinski definition) is 3. The van der Waals surface area contributed by atoms with Crippen molar-refractivity contribution in [3.8, 4) is 0 Å². The summed E-state index contributed by atoms with van der Waals surface area (Å²) < 4.78 is 118. The minimum absolute atomic E-state index is 0.0870. The van der Waals surface area contributed by atoms with Crippen LogP contribution in [0.1, 0.15) is 41.3 Å². The van der Waals surface area contributed by atoms with E-state index >= 15 is 0 Å². The summed E-state index contributed by atoms with van der Waals surface area (Å²) in [6.07, 6.45) is -13.0. The maximum atomic E-state index is 14.5. The van der Waals surface area contributed by atoms with Crippen molar-refractivity contribution in [2.45, 2.75) is 49.6 Å². The zero-order valence-corrected chi connectivity index (χ0v) is 14.8. The van der Waals surface area contributed by atoms with Gasteiger partial charge >= 0.3 is 24.0 Å². The molecule has 1 aromatic carbocycles. The van der Waals surface area contributed by atoms with Gasteiger partial charge in [0.25, 0.3) is 0 Å². The van der Waals surface area contributed by atoms with Gasteiger partial charge in [-0.25, -0.2) is 17.6 Å². The second-order valence-corrected chi connectivity index (χ2v) is 7.79. The van der Waals surface area contributed by atoms with E-state index in [1.807, 2.05) is 0 Å². The minimum atomic E-state index is -6.53. The molecule has 0 fully saturated rings. The average Bonchev–Trinajstić information content (AvgIpc) is 2.48. The molecule has 0 radical (unpaired) electrons. The number of carboxylic acids is 1. The number of carboxylic acid groups (broad SMARTS) is 1. The van der Waals surface area contributed by atoms with Gasteiger partial charge in [-0.15, -0.1) is 0 Å². The summed E-state index contributed by atoms with van der Waals surface area (Å²) in [4.78, 5) is 9.53. The van der Waals surface area contributed by atoms with Crippen molar-refractivity contribution < 1.29 is 49.1 Å². The normalized spacial score (nSPS) is 13.7. The quantitative estimate of drug-likeness (QED) is 0.680. The smallest absolute Gasteiger partial charge is 0.435 e. The fourth-order valence-corrected chi connectivity index (χ4v) is 4.49. The maximum Gasteiger partial charge on any atom is 0.435 e. The zero-order chi connectivity index (χ0) is 21.4. The molecular formula is C15H15F7O4S. The monoisotopic (exact) mass is 424 g/mol. The van der Waals surface area contributed by atoms with E-state index in [1.165, 1.54) is 6.92 Å². The molecule has 1 aromatic rings. The first kappa shape index (κ1) is 23.2. The summed E-state index contributed by atoms with van der Waals surface area (Å²) in [5, 5.41) is 9.01. The van der Waals surface area contributed by atoms with Crippen molar-refractivity contribution >= 4 is 15.8 Å². The summed E-state index contributed by atoms with van der Waals surface area (Å²) >= 11 is 0. The first-order valence-electron chi connectivity index (χ1n) is 7.44. The molecule has 0 spiro atoms. The van der Waals surface area contributed by atoms with Crippen LogP contribution in [-0.4, -0.2) is 37.6 Å². The maximum absolute atomic E-state index is 14.5. The molecule has 0 bridgehead atoms. The molecule has 0 saturated heterocycles. The third-order valence-electron chi connectivity index (χ3n) is 3.87. The molecular weight excluding hydrogens is 409 g/mol. The molecule has 0 unspecified atom stereocenters. The van der Waals surface area contributed by atoms with E-state index in [9.17, 15) is 43.9 Å². The van der Waals surface area contributed by atoms with Gasteiger partial charge in [-0.3, -0.25) is 0 Å². The van der Waals surface area contributed by atoms with E-state index in [0.717, 1.165) is 6.92 Å². The molecule has 0 aromatic heterocycles. The lowest BCUT2D eigenvalue weighted by molar-refractivity contribution is -0.349. The number of carbonyl (C=O) groups is 1. The first-order valence-corrected chi connectivity index (χ1v) is 9.10. The average molecular weight is 424 g/mol. The van der Waals surface area contributed by atoms with Crippen molar-refractivity contribution in [3.63, 3.8) is 0 Å². The van der Waals surface area contributed by atoms with E-state index in [0.29, 0.717) is 6.07 Å². The Morgan fingerprint density at radius 3 is 1.89 bits per heavy atom. The SMILES string of the molecule is CCCCS(=O)(=O)c1c(C(F)(C(F)(F)F)C(F)(F)F)ccc(C(=O)O)c1C. The highest BCUT2D eigenvalue weighted by molar-refractivity contribution is 7.91. The topological polar surface area (TPSA) is 71.4 Å². The predicted molar refractivity (Wildman–Crippen MR) is 80.0 cm³/mol. The van der Waals surface area contributed by atoms with E-state index in [-0.39, 0.29) is 18.9 Å². The molecule has 0 heterocycles. The number of benzene rings is 1. The van der Waals surface area contributed by atoms with Crippen LogP contribution in [0.2, 0.25) is 0 Å². The minimum Gasteiger partial charge on any atom is -0.478 e. The van der Waals surface area contributed by atoms with E-state index in [1.54, 1.807) is 0 Å². The van der Waals surface area contributed by atoms with Gasteiger partial charge in [0.1, 0.15) is 0 Å². The number of alkyl halides is 7. The molecule has 0 aliphatic heterocycles. The number of sulfone groups is 1. The van der Waals surface area contributed by atoms with Gasteiger partial charge < -0.3 is 5.11 Å². The molecule has 12 heteroatoms. The third kappa shape index (κ3) is 4.04. The highest BCUT2D eigenvalue weighted by Crippen LogP contribution is 2.55. The molecule has 0 amide bonds. The summed E-state index contributed by atoms with van der Waals surface area (Å²) in [5.41, 5.74) is -9.93. The van der Waals surface area contributed by atoms with Crippen LogP contribution >= 0.6 is 0 Å². The molecule has 1 N–H and O–H groups in total. The highest BCUT2D eigenvalue weighted by atomic mass is 32.2. The Labute approximate surface area is 149 Å². The lowest BCUT2D eigenvalue weighted by atomic mass is 9.91. The van der Waals surface area contributed by atoms with Crippen molar-refractivity contribution in [2.24, 2.45) is 0 Å². The van der Waals surface area contributed by atoms with Crippen molar-refractivity contribution in [2.75, 3.05) is 5.75 Å². The Morgan fingerprint density at radius 1 is 1.04 bits per heavy atom. The molecule has 1 rings (SSSR count). The van der Waals surface area contributed by atoms with Crippen LogP contribution in [0.25, 0.3) is 0 Å². The van der Waals surface area contributed by atoms with Crippen LogP contribution in [0.3, 0.4) is 0 Å². The molecule has 0 aliphatic carbocycles. The number of hydrogen-bond donors (Lipinski definition) is 1. The summed E-state index contributed by atoms with van der Waals surface area (Å²) in [6, 6.07) is 0.230.